The number of rotatable bonds is 4. The van der Waals surface area contributed by atoms with Crippen LogP contribution in [-0.2, 0) is 0 Å². The van der Waals surface area contributed by atoms with Crippen molar-refractivity contribution in [2.45, 2.75) is 25.4 Å². The molecule has 0 spiro atoms. The third-order valence-corrected chi connectivity index (χ3v) is 5.52. The van der Waals surface area contributed by atoms with Crippen LogP contribution in [0.25, 0.3) is 0 Å². The fourth-order valence-corrected chi connectivity index (χ4v) is 4.21. The predicted octanol–water partition coefficient (Wildman–Crippen LogP) is 3.67. The Balaban J connectivity index is 2.18. The molecular formula is C14H21BrN2S. The number of nitrogens with one attached hydrogen (secondary N) is 1. The van der Waals surface area contributed by atoms with Crippen molar-refractivity contribution in [2.75, 3.05) is 30.5 Å². The van der Waals surface area contributed by atoms with Gasteiger partial charge in [0.05, 0.1) is 5.69 Å². The van der Waals surface area contributed by atoms with Crippen molar-refractivity contribution in [1.82, 2.24) is 5.32 Å². The highest BCUT2D eigenvalue weighted by molar-refractivity contribution is 9.10. The van der Waals surface area contributed by atoms with E-state index in [1.54, 1.807) is 0 Å². The molecule has 1 aliphatic heterocycles. The van der Waals surface area contributed by atoms with Crippen molar-refractivity contribution < 1.29 is 0 Å². The van der Waals surface area contributed by atoms with Gasteiger partial charge in [0, 0.05) is 29.4 Å². The monoisotopic (exact) mass is 328 g/mol. The zero-order chi connectivity index (χ0) is 13.1. The molecule has 1 aromatic carbocycles. The van der Waals surface area contributed by atoms with Gasteiger partial charge in [0.1, 0.15) is 0 Å². The first-order valence-electron chi connectivity index (χ1n) is 6.40. The van der Waals surface area contributed by atoms with E-state index in [1.165, 1.54) is 33.7 Å². The van der Waals surface area contributed by atoms with Gasteiger partial charge in [-0.2, -0.15) is 11.8 Å². The van der Waals surface area contributed by atoms with Crippen LogP contribution >= 0.6 is 27.7 Å². The second-order valence-corrected chi connectivity index (χ2v) is 6.85. The average molecular weight is 329 g/mol. The zero-order valence-corrected chi connectivity index (χ0v) is 13.6. The van der Waals surface area contributed by atoms with E-state index in [0.717, 1.165) is 0 Å². The molecule has 2 rings (SSSR count). The van der Waals surface area contributed by atoms with Gasteiger partial charge in [-0.1, -0.05) is 6.07 Å². The Labute approximate surface area is 123 Å². The highest BCUT2D eigenvalue weighted by atomic mass is 79.9. The van der Waals surface area contributed by atoms with Crippen molar-refractivity contribution >= 4 is 33.4 Å². The molecule has 0 amide bonds. The van der Waals surface area contributed by atoms with Gasteiger partial charge in [0.25, 0.3) is 0 Å². The summed E-state index contributed by atoms with van der Waals surface area (Å²) in [4.78, 5) is 2.41. The second kappa shape index (κ2) is 6.31. The van der Waals surface area contributed by atoms with Crippen molar-refractivity contribution in [3.63, 3.8) is 0 Å². The molecule has 0 aromatic heterocycles. The highest BCUT2D eigenvalue weighted by Crippen LogP contribution is 2.32. The Morgan fingerprint density at radius 3 is 2.83 bits per heavy atom. The summed E-state index contributed by atoms with van der Waals surface area (Å²) in [5.41, 5.74) is 2.62. The van der Waals surface area contributed by atoms with E-state index in [9.17, 15) is 0 Å². The van der Waals surface area contributed by atoms with Crippen molar-refractivity contribution in [2.24, 2.45) is 0 Å². The number of thioether (sulfide) groups is 1. The van der Waals surface area contributed by atoms with Gasteiger partial charge in [0.2, 0.25) is 0 Å². The average Bonchev–Trinajstić information content (AvgIpc) is 2.90. The molecule has 4 heteroatoms. The molecule has 1 heterocycles. The summed E-state index contributed by atoms with van der Waals surface area (Å²) in [6.45, 7) is 2.18. The lowest BCUT2D eigenvalue weighted by Gasteiger charge is -2.27. The highest BCUT2D eigenvalue weighted by Gasteiger charge is 2.21. The van der Waals surface area contributed by atoms with E-state index in [1.807, 2.05) is 7.05 Å². The fourth-order valence-electron chi connectivity index (χ4n) is 2.27. The van der Waals surface area contributed by atoms with Gasteiger partial charge in [-0.3, -0.25) is 0 Å². The number of anilines is 1. The standard InChI is InChI=1S/C14H21BrN2S/c1-10(16-2)11-4-5-14(13(15)8-11)17(3)12-6-7-18-9-12/h4-5,8,10,12,16H,6-7,9H2,1-3H3. The maximum Gasteiger partial charge on any atom is 0.0511 e. The second-order valence-electron chi connectivity index (χ2n) is 4.85. The van der Waals surface area contributed by atoms with Gasteiger partial charge in [-0.05, 0) is 59.8 Å². The van der Waals surface area contributed by atoms with E-state index in [-0.39, 0.29) is 0 Å². The minimum absolute atomic E-state index is 0.391. The summed E-state index contributed by atoms with van der Waals surface area (Å²) in [5, 5.41) is 3.27. The number of hydrogen-bond donors (Lipinski definition) is 1. The summed E-state index contributed by atoms with van der Waals surface area (Å²) in [5.74, 6) is 2.54. The molecule has 1 N–H and O–H groups in total. The van der Waals surface area contributed by atoms with E-state index in [0.29, 0.717) is 12.1 Å². The molecule has 0 radical (unpaired) electrons. The van der Waals surface area contributed by atoms with Gasteiger partial charge in [-0.15, -0.1) is 0 Å². The molecule has 1 aromatic rings. The molecule has 1 fully saturated rings. The summed E-state index contributed by atoms with van der Waals surface area (Å²) in [6.07, 6.45) is 1.29. The quantitative estimate of drug-likeness (QED) is 0.907. The first-order chi connectivity index (χ1) is 8.63. The van der Waals surface area contributed by atoms with Gasteiger partial charge >= 0.3 is 0 Å². The smallest absolute Gasteiger partial charge is 0.0511 e. The Morgan fingerprint density at radius 1 is 1.50 bits per heavy atom. The Morgan fingerprint density at radius 2 is 2.28 bits per heavy atom. The van der Waals surface area contributed by atoms with Crippen LogP contribution in [0.1, 0.15) is 24.9 Å². The molecule has 2 atom stereocenters. The molecule has 0 aliphatic carbocycles. The van der Waals surface area contributed by atoms with Gasteiger partial charge in [0.15, 0.2) is 0 Å². The molecule has 1 saturated heterocycles. The van der Waals surface area contributed by atoms with Crippen LogP contribution in [0, 0.1) is 0 Å². The maximum atomic E-state index is 3.72. The lowest BCUT2D eigenvalue weighted by Crippen LogP contribution is -2.31. The lowest BCUT2D eigenvalue weighted by atomic mass is 10.1. The van der Waals surface area contributed by atoms with Crippen molar-refractivity contribution in [1.29, 1.82) is 0 Å². The van der Waals surface area contributed by atoms with Crippen LogP contribution in [0.4, 0.5) is 5.69 Å². The van der Waals surface area contributed by atoms with Crippen molar-refractivity contribution in [3.8, 4) is 0 Å². The van der Waals surface area contributed by atoms with Crippen LogP contribution in [0.2, 0.25) is 0 Å². The molecule has 0 saturated carbocycles. The molecule has 2 unspecified atom stereocenters. The van der Waals surface area contributed by atoms with E-state index in [2.05, 4.69) is 70.1 Å². The van der Waals surface area contributed by atoms with Crippen LogP contribution in [0.15, 0.2) is 22.7 Å². The first kappa shape index (κ1) is 14.2. The minimum atomic E-state index is 0.391. The Kier molecular flexibility index (Phi) is 4.98. The first-order valence-corrected chi connectivity index (χ1v) is 8.35. The molecule has 2 nitrogen and oxygen atoms in total. The third kappa shape index (κ3) is 3.03. The number of benzene rings is 1. The molecule has 1 aliphatic rings. The fraction of sp³-hybridized carbons (Fsp3) is 0.571. The zero-order valence-electron chi connectivity index (χ0n) is 11.2. The van der Waals surface area contributed by atoms with Gasteiger partial charge in [-0.25, -0.2) is 0 Å². The maximum absolute atomic E-state index is 3.72. The summed E-state index contributed by atoms with van der Waals surface area (Å²) in [6, 6.07) is 7.76. The number of hydrogen-bond acceptors (Lipinski definition) is 3. The van der Waals surface area contributed by atoms with Crippen molar-refractivity contribution in [3.05, 3.63) is 28.2 Å². The number of nitrogens with zero attached hydrogens (tertiary/aromatic N) is 1. The molecular weight excluding hydrogens is 308 g/mol. The normalized spacial score (nSPS) is 21.0. The third-order valence-electron chi connectivity index (χ3n) is 3.74. The summed E-state index contributed by atoms with van der Waals surface area (Å²) in [7, 11) is 4.20. The van der Waals surface area contributed by atoms with Gasteiger partial charge < -0.3 is 10.2 Å². The minimum Gasteiger partial charge on any atom is -0.370 e. The van der Waals surface area contributed by atoms with Crippen LogP contribution in [0.5, 0.6) is 0 Å². The van der Waals surface area contributed by atoms with Crippen LogP contribution < -0.4 is 10.2 Å². The van der Waals surface area contributed by atoms with Crippen LogP contribution in [0.3, 0.4) is 0 Å². The summed E-state index contributed by atoms with van der Waals surface area (Å²) < 4.78 is 1.20. The number of halogens is 1. The van der Waals surface area contributed by atoms with E-state index < -0.39 is 0 Å². The molecule has 100 valence electrons. The lowest BCUT2D eigenvalue weighted by molar-refractivity contribution is 0.651. The molecule has 0 bridgehead atoms. The topological polar surface area (TPSA) is 15.3 Å². The SMILES string of the molecule is CNC(C)c1ccc(N(C)C2CCSC2)c(Br)c1. The Hall–Kier alpha value is -0.190. The summed E-state index contributed by atoms with van der Waals surface area (Å²) >= 11 is 5.77. The Bertz CT molecular complexity index is 405. The predicted molar refractivity (Wildman–Crippen MR) is 85.7 cm³/mol. The van der Waals surface area contributed by atoms with E-state index >= 15 is 0 Å². The van der Waals surface area contributed by atoms with E-state index in [4.69, 9.17) is 0 Å². The molecule has 18 heavy (non-hydrogen) atoms. The van der Waals surface area contributed by atoms with Crippen LogP contribution in [-0.4, -0.2) is 31.6 Å². The largest absolute Gasteiger partial charge is 0.370 e.